The number of nitrogens with one attached hydrogen (secondary N) is 1. The van der Waals surface area contributed by atoms with Gasteiger partial charge < -0.3 is 5.11 Å². The summed E-state index contributed by atoms with van der Waals surface area (Å²) >= 11 is 0. The molecule has 1 aliphatic rings. The molecule has 1 saturated carbocycles. The van der Waals surface area contributed by atoms with Crippen LogP contribution in [0, 0.1) is 5.82 Å². The third kappa shape index (κ3) is 3.76. The van der Waals surface area contributed by atoms with Crippen molar-refractivity contribution in [1.82, 2.24) is 4.72 Å². The molecule has 2 rings (SSSR count). The first-order valence-corrected chi connectivity index (χ1v) is 8.17. The molecule has 0 bridgehead atoms. The molecular formula is C13H15F4NO3S. The molecule has 2 atom stereocenters. The van der Waals surface area contributed by atoms with Gasteiger partial charge in [0.15, 0.2) is 0 Å². The van der Waals surface area contributed by atoms with Gasteiger partial charge in [0, 0.05) is 6.04 Å². The first kappa shape index (κ1) is 17.2. The topological polar surface area (TPSA) is 66.4 Å². The van der Waals surface area contributed by atoms with Crippen molar-refractivity contribution >= 4 is 10.0 Å². The van der Waals surface area contributed by atoms with E-state index in [0.29, 0.717) is 31.4 Å². The Hall–Kier alpha value is -1.19. The van der Waals surface area contributed by atoms with Crippen molar-refractivity contribution in [2.24, 2.45) is 0 Å². The van der Waals surface area contributed by atoms with Crippen LogP contribution in [0.4, 0.5) is 17.6 Å². The maximum Gasteiger partial charge on any atom is 0.417 e. The summed E-state index contributed by atoms with van der Waals surface area (Å²) < 4.78 is 78.2. The predicted molar refractivity (Wildman–Crippen MR) is 70.0 cm³/mol. The molecular weight excluding hydrogens is 326 g/mol. The lowest BCUT2D eigenvalue weighted by atomic mass is 9.93. The van der Waals surface area contributed by atoms with Gasteiger partial charge in [0.1, 0.15) is 5.82 Å². The molecule has 1 fully saturated rings. The highest BCUT2D eigenvalue weighted by atomic mass is 32.2. The Bertz CT molecular complexity index is 645. The van der Waals surface area contributed by atoms with Gasteiger partial charge in [-0.1, -0.05) is 12.8 Å². The molecule has 4 nitrogen and oxygen atoms in total. The number of aliphatic hydroxyl groups excluding tert-OH is 1. The van der Waals surface area contributed by atoms with E-state index in [1.54, 1.807) is 0 Å². The second-order valence-corrected chi connectivity index (χ2v) is 6.90. The third-order valence-electron chi connectivity index (χ3n) is 3.57. The second kappa shape index (κ2) is 6.13. The number of halogens is 4. The van der Waals surface area contributed by atoms with E-state index in [0.717, 1.165) is 6.42 Å². The monoisotopic (exact) mass is 341 g/mol. The van der Waals surface area contributed by atoms with Crippen LogP contribution in [-0.4, -0.2) is 25.7 Å². The molecule has 1 aliphatic carbocycles. The molecule has 0 radical (unpaired) electrons. The molecule has 0 aromatic heterocycles. The van der Waals surface area contributed by atoms with E-state index in [-0.39, 0.29) is 6.07 Å². The minimum absolute atomic E-state index is 0.145. The molecule has 9 heteroatoms. The van der Waals surface area contributed by atoms with Crippen LogP contribution in [0.25, 0.3) is 0 Å². The van der Waals surface area contributed by atoms with Crippen LogP contribution in [0.3, 0.4) is 0 Å². The fourth-order valence-electron chi connectivity index (χ4n) is 2.47. The first-order valence-electron chi connectivity index (χ1n) is 6.68. The molecule has 0 saturated heterocycles. The van der Waals surface area contributed by atoms with Gasteiger partial charge in [0.05, 0.1) is 16.6 Å². The predicted octanol–water partition coefficient (Wildman–Crippen LogP) is 2.43. The number of rotatable bonds is 3. The van der Waals surface area contributed by atoms with E-state index in [4.69, 9.17) is 0 Å². The molecule has 0 spiro atoms. The zero-order chi connectivity index (χ0) is 16.5. The van der Waals surface area contributed by atoms with Crippen molar-refractivity contribution in [3.8, 4) is 0 Å². The average Bonchev–Trinajstić information content (AvgIpc) is 2.40. The Morgan fingerprint density at radius 1 is 1.18 bits per heavy atom. The quantitative estimate of drug-likeness (QED) is 0.830. The normalized spacial score (nSPS) is 23.5. The van der Waals surface area contributed by atoms with Gasteiger partial charge in [0.25, 0.3) is 0 Å². The molecule has 2 unspecified atom stereocenters. The fourth-order valence-corrected chi connectivity index (χ4v) is 3.98. The minimum atomic E-state index is -5.00. The molecule has 0 aliphatic heterocycles. The molecule has 1 aromatic carbocycles. The van der Waals surface area contributed by atoms with Gasteiger partial charge in [-0.15, -0.1) is 0 Å². The van der Waals surface area contributed by atoms with Crippen LogP contribution in [0.15, 0.2) is 23.1 Å². The lowest BCUT2D eigenvalue weighted by Gasteiger charge is -2.28. The maximum atomic E-state index is 13.0. The lowest BCUT2D eigenvalue weighted by molar-refractivity contribution is -0.140. The van der Waals surface area contributed by atoms with Crippen molar-refractivity contribution in [3.63, 3.8) is 0 Å². The standard InChI is InChI=1S/C13H15F4NO3S/c14-8-5-6-12(9(7-8)13(15,16)17)22(20,21)18-10-3-1-2-4-11(10)19/h5-7,10-11,18-19H,1-4H2. The van der Waals surface area contributed by atoms with Crippen LogP contribution >= 0.6 is 0 Å². The highest BCUT2D eigenvalue weighted by molar-refractivity contribution is 7.89. The van der Waals surface area contributed by atoms with Gasteiger partial charge in [0.2, 0.25) is 10.0 Å². The van der Waals surface area contributed by atoms with E-state index in [1.165, 1.54) is 0 Å². The summed E-state index contributed by atoms with van der Waals surface area (Å²) in [6, 6.07) is 0.535. The Balaban J connectivity index is 2.37. The van der Waals surface area contributed by atoms with E-state index in [9.17, 15) is 31.1 Å². The Morgan fingerprint density at radius 3 is 2.41 bits per heavy atom. The molecule has 0 amide bonds. The summed E-state index contributed by atoms with van der Waals surface area (Å²) in [5.74, 6) is -1.18. The third-order valence-corrected chi connectivity index (χ3v) is 5.12. The van der Waals surface area contributed by atoms with Gasteiger partial charge in [-0.3, -0.25) is 0 Å². The Labute approximate surface area is 125 Å². The van der Waals surface area contributed by atoms with Gasteiger partial charge in [-0.05, 0) is 31.0 Å². The van der Waals surface area contributed by atoms with Crippen molar-refractivity contribution in [3.05, 3.63) is 29.6 Å². The molecule has 0 heterocycles. The van der Waals surface area contributed by atoms with E-state index in [1.807, 2.05) is 0 Å². The number of hydrogen-bond acceptors (Lipinski definition) is 3. The number of benzene rings is 1. The number of sulfonamides is 1. The fraction of sp³-hybridized carbons (Fsp3) is 0.538. The number of alkyl halides is 3. The highest BCUT2D eigenvalue weighted by Gasteiger charge is 2.39. The Morgan fingerprint density at radius 2 is 1.82 bits per heavy atom. The van der Waals surface area contributed by atoms with E-state index >= 15 is 0 Å². The summed E-state index contributed by atoms with van der Waals surface area (Å²) in [5.41, 5.74) is -1.56. The largest absolute Gasteiger partial charge is 0.417 e. The van der Waals surface area contributed by atoms with Crippen LogP contribution in [0.5, 0.6) is 0 Å². The molecule has 2 N–H and O–H groups in total. The zero-order valence-corrected chi connectivity index (χ0v) is 12.2. The highest BCUT2D eigenvalue weighted by Crippen LogP contribution is 2.35. The van der Waals surface area contributed by atoms with E-state index < -0.39 is 44.6 Å². The van der Waals surface area contributed by atoms with Crippen LogP contribution in [-0.2, 0) is 16.2 Å². The van der Waals surface area contributed by atoms with Gasteiger partial charge in [-0.2, -0.15) is 13.2 Å². The number of hydrogen-bond donors (Lipinski definition) is 2. The van der Waals surface area contributed by atoms with Crippen molar-refractivity contribution in [2.75, 3.05) is 0 Å². The average molecular weight is 341 g/mol. The minimum Gasteiger partial charge on any atom is -0.391 e. The van der Waals surface area contributed by atoms with Gasteiger partial charge in [-0.25, -0.2) is 17.5 Å². The van der Waals surface area contributed by atoms with Crippen LogP contribution in [0.2, 0.25) is 0 Å². The summed E-state index contributed by atoms with van der Waals surface area (Å²) in [6.07, 6.45) is -3.84. The van der Waals surface area contributed by atoms with Crippen LogP contribution in [0.1, 0.15) is 31.2 Å². The molecule has 1 aromatic rings. The zero-order valence-electron chi connectivity index (χ0n) is 11.4. The maximum absolute atomic E-state index is 13.0. The second-order valence-electron chi connectivity index (χ2n) is 5.22. The lowest BCUT2D eigenvalue weighted by Crippen LogP contribution is -2.45. The SMILES string of the molecule is O=S(=O)(NC1CCCCC1O)c1ccc(F)cc1C(F)(F)F. The van der Waals surface area contributed by atoms with Crippen molar-refractivity contribution < 1.29 is 31.1 Å². The number of aliphatic hydroxyl groups is 1. The van der Waals surface area contributed by atoms with Gasteiger partial charge >= 0.3 is 6.18 Å². The summed E-state index contributed by atoms with van der Waals surface area (Å²) in [4.78, 5) is -1.04. The van der Waals surface area contributed by atoms with Crippen LogP contribution < -0.4 is 4.72 Å². The van der Waals surface area contributed by atoms with Crippen molar-refractivity contribution in [2.45, 2.75) is 48.9 Å². The summed E-state index contributed by atoms with van der Waals surface area (Å²) in [7, 11) is -4.52. The summed E-state index contributed by atoms with van der Waals surface area (Å²) in [5, 5.41) is 9.74. The van der Waals surface area contributed by atoms with Crippen molar-refractivity contribution in [1.29, 1.82) is 0 Å². The molecule has 124 valence electrons. The molecule has 22 heavy (non-hydrogen) atoms. The first-order chi connectivity index (χ1) is 10.1. The Kier molecular flexibility index (Phi) is 4.78. The summed E-state index contributed by atoms with van der Waals surface area (Å²) in [6.45, 7) is 0. The smallest absolute Gasteiger partial charge is 0.391 e. The van der Waals surface area contributed by atoms with E-state index in [2.05, 4.69) is 4.72 Å².